The van der Waals surface area contributed by atoms with E-state index in [0.717, 1.165) is 39.3 Å². The average molecular weight is 551 g/mol. The second-order valence-electron chi connectivity index (χ2n) is 10.3. The van der Waals surface area contributed by atoms with E-state index in [4.69, 9.17) is 0 Å². The van der Waals surface area contributed by atoms with Crippen LogP contribution in [0.1, 0.15) is 40.5 Å². The van der Waals surface area contributed by atoms with Crippen molar-refractivity contribution in [1.29, 1.82) is 0 Å². The summed E-state index contributed by atoms with van der Waals surface area (Å²) in [6.45, 7) is 1.55. The Hall–Kier alpha value is -3.63. The summed E-state index contributed by atoms with van der Waals surface area (Å²) in [6, 6.07) is 13.6. The third-order valence-corrected chi connectivity index (χ3v) is 9.01. The molecule has 0 saturated carbocycles. The second kappa shape index (κ2) is 10.2. The molecule has 3 aromatic rings. The van der Waals surface area contributed by atoms with Crippen molar-refractivity contribution < 1.29 is 23.2 Å². The second-order valence-corrected chi connectivity index (χ2v) is 11.3. The Kier molecular flexibility index (Phi) is 6.68. The first kappa shape index (κ1) is 25.6. The van der Waals surface area contributed by atoms with Crippen LogP contribution >= 0.6 is 11.3 Å². The molecule has 2 aromatic carbocycles. The van der Waals surface area contributed by atoms with Gasteiger partial charge in [0.15, 0.2) is 0 Å². The predicted octanol–water partition coefficient (Wildman–Crippen LogP) is 4.04. The maximum Gasteiger partial charge on any atom is 0.325 e. The zero-order valence-corrected chi connectivity index (χ0v) is 22.1. The molecule has 39 heavy (non-hydrogen) atoms. The molecule has 1 atom stereocenters. The molecule has 202 valence electrons. The number of carbonyl (C=O) groups is 3. The van der Waals surface area contributed by atoms with Gasteiger partial charge in [0.05, 0.1) is 6.04 Å². The van der Waals surface area contributed by atoms with Crippen molar-refractivity contribution in [1.82, 2.24) is 20.0 Å². The first-order valence-electron chi connectivity index (χ1n) is 13.1. The Labute approximate surface area is 229 Å². The number of benzene rings is 2. The molecule has 7 nitrogen and oxygen atoms in total. The van der Waals surface area contributed by atoms with Crippen molar-refractivity contribution >= 4 is 29.2 Å². The summed E-state index contributed by atoms with van der Waals surface area (Å²) in [5.41, 5.74) is 1.52. The van der Waals surface area contributed by atoms with Crippen LogP contribution in [0, 0.1) is 11.6 Å². The Morgan fingerprint density at radius 1 is 0.923 bits per heavy atom. The quantitative estimate of drug-likeness (QED) is 0.487. The van der Waals surface area contributed by atoms with Crippen molar-refractivity contribution in [2.24, 2.45) is 0 Å². The van der Waals surface area contributed by atoms with E-state index in [1.54, 1.807) is 40.5 Å². The van der Waals surface area contributed by atoms with Crippen LogP contribution in [0.15, 0.2) is 60.0 Å². The third kappa shape index (κ3) is 4.61. The molecule has 6 rings (SSSR count). The van der Waals surface area contributed by atoms with Crippen LogP contribution < -0.4 is 5.32 Å². The van der Waals surface area contributed by atoms with Gasteiger partial charge in [-0.1, -0.05) is 24.3 Å². The molecular weight excluding hydrogens is 522 g/mol. The molecule has 0 unspecified atom stereocenters. The smallest absolute Gasteiger partial charge is 0.325 e. The van der Waals surface area contributed by atoms with Crippen LogP contribution in [0.3, 0.4) is 0 Å². The molecule has 2 fully saturated rings. The molecule has 0 bridgehead atoms. The summed E-state index contributed by atoms with van der Waals surface area (Å²) in [6.07, 6.45) is 2.21. The molecule has 2 saturated heterocycles. The molecule has 3 aliphatic rings. The molecule has 3 heterocycles. The lowest BCUT2D eigenvalue weighted by Gasteiger charge is -2.40. The van der Waals surface area contributed by atoms with Gasteiger partial charge in [0.2, 0.25) is 5.91 Å². The highest BCUT2D eigenvalue weighted by atomic mass is 32.1. The van der Waals surface area contributed by atoms with Crippen LogP contribution in [0.25, 0.3) is 0 Å². The van der Waals surface area contributed by atoms with E-state index in [9.17, 15) is 23.2 Å². The summed E-state index contributed by atoms with van der Waals surface area (Å²) < 4.78 is 27.2. The predicted molar refractivity (Wildman–Crippen MR) is 142 cm³/mol. The molecule has 10 heteroatoms. The van der Waals surface area contributed by atoms with Crippen LogP contribution in [0.4, 0.5) is 13.6 Å². The number of amides is 4. The summed E-state index contributed by atoms with van der Waals surface area (Å²) in [5.74, 6) is -1.31. The Morgan fingerprint density at radius 2 is 1.54 bits per heavy atom. The maximum absolute atomic E-state index is 13.6. The monoisotopic (exact) mass is 550 g/mol. The topological polar surface area (TPSA) is 73.0 Å². The fourth-order valence-corrected chi connectivity index (χ4v) is 7.05. The number of thiophene rings is 1. The molecule has 1 aromatic heterocycles. The number of aryl methyl sites for hydroxylation is 1. The number of halogens is 2. The standard InChI is InChI=1S/C29H28F2N4O3S/c30-21-7-3-19(4-8-21)26(20-5-9-22(31)10-6-20)34-15-13-33(14-16-34)25(36)18-35-27(37)29(32-28(35)38)12-1-2-24-23(29)11-17-39-24/h3-11,17,26H,1-2,12-16,18H2,(H,32,38)/t29-/m0/s1. The fourth-order valence-electron chi connectivity index (χ4n) is 6.05. The number of hydrogen-bond donors (Lipinski definition) is 1. The van der Waals surface area contributed by atoms with Gasteiger partial charge in [0.1, 0.15) is 23.7 Å². The first-order valence-corrected chi connectivity index (χ1v) is 14.0. The number of urea groups is 1. The lowest BCUT2D eigenvalue weighted by molar-refractivity contribution is -0.140. The van der Waals surface area contributed by atoms with E-state index < -0.39 is 11.6 Å². The summed E-state index contributed by atoms with van der Waals surface area (Å²) in [7, 11) is 0. The highest BCUT2D eigenvalue weighted by molar-refractivity contribution is 7.10. The minimum atomic E-state index is -1.07. The number of imide groups is 1. The number of fused-ring (bicyclic) bond motifs is 2. The summed E-state index contributed by atoms with van der Waals surface area (Å²) >= 11 is 1.59. The van der Waals surface area contributed by atoms with Gasteiger partial charge in [0.25, 0.3) is 5.91 Å². The Balaban J connectivity index is 1.14. The SMILES string of the molecule is O=C(CN1C(=O)N[C@]2(CCCc3sccc32)C1=O)N1CCN(C(c2ccc(F)cc2)c2ccc(F)cc2)CC1. The van der Waals surface area contributed by atoms with Crippen LogP contribution in [0.2, 0.25) is 0 Å². The van der Waals surface area contributed by atoms with Crippen molar-refractivity contribution in [2.75, 3.05) is 32.7 Å². The third-order valence-electron chi connectivity index (χ3n) is 8.03. The van der Waals surface area contributed by atoms with Crippen LogP contribution in [-0.4, -0.2) is 65.3 Å². The van der Waals surface area contributed by atoms with Gasteiger partial charge in [0, 0.05) is 36.6 Å². The first-order chi connectivity index (χ1) is 18.9. The van der Waals surface area contributed by atoms with Crippen molar-refractivity contribution in [2.45, 2.75) is 30.8 Å². The number of rotatable bonds is 5. The largest absolute Gasteiger partial charge is 0.339 e. The van der Waals surface area contributed by atoms with E-state index in [2.05, 4.69) is 10.2 Å². The molecular formula is C29H28F2N4O3S. The number of carbonyl (C=O) groups excluding carboxylic acids is 3. The highest BCUT2D eigenvalue weighted by Crippen LogP contribution is 2.42. The minimum Gasteiger partial charge on any atom is -0.339 e. The number of hydrogen-bond acceptors (Lipinski definition) is 5. The number of nitrogens with one attached hydrogen (secondary N) is 1. The van der Waals surface area contributed by atoms with E-state index in [1.807, 2.05) is 11.4 Å². The van der Waals surface area contributed by atoms with Gasteiger partial charge in [-0.25, -0.2) is 13.6 Å². The molecule has 2 aliphatic heterocycles. The van der Waals surface area contributed by atoms with E-state index in [1.165, 1.54) is 24.3 Å². The number of nitrogens with zero attached hydrogens (tertiary/aromatic N) is 3. The lowest BCUT2D eigenvalue weighted by atomic mass is 9.80. The zero-order valence-electron chi connectivity index (χ0n) is 21.2. The molecule has 1 aliphatic carbocycles. The van der Waals surface area contributed by atoms with Gasteiger partial charge in [-0.05, 0) is 66.1 Å². The van der Waals surface area contributed by atoms with Gasteiger partial charge in [-0.2, -0.15) is 0 Å². The molecule has 0 radical (unpaired) electrons. The highest BCUT2D eigenvalue weighted by Gasteiger charge is 2.54. The van der Waals surface area contributed by atoms with Crippen molar-refractivity contribution in [3.8, 4) is 0 Å². The van der Waals surface area contributed by atoms with Gasteiger partial charge < -0.3 is 10.2 Å². The molecule has 1 spiro atoms. The van der Waals surface area contributed by atoms with Crippen LogP contribution in [-0.2, 0) is 21.5 Å². The summed E-state index contributed by atoms with van der Waals surface area (Å²) in [4.78, 5) is 45.6. The lowest BCUT2D eigenvalue weighted by Crippen LogP contribution is -2.53. The maximum atomic E-state index is 13.6. The van der Waals surface area contributed by atoms with Crippen molar-refractivity contribution in [3.05, 3.63) is 93.2 Å². The fraction of sp³-hybridized carbons (Fsp3) is 0.345. The average Bonchev–Trinajstić information content (AvgIpc) is 3.52. The van der Waals surface area contributed by atoms with E-state index >= 15 is 0 Å². The van der Waals surface area contributed by atoms with Gasteiger partial charge in [-0.15, -0.1) is 11.3 Å². The summed E-state index contributed by atoms with van der Waals surface area (Å²) in [5, 5.41) is 4.84. The van der Waals surface area contributed by atoms with Gasteiger partial charge in [-0.3, -0.25) is 19.4 Å². The zero-order chi connectivity index (χ0) is 27.1. The minimum absolute atomic E-state index is 0.236. The van der Waals surface area contributed by atoms with Crippen LogP contribution in [0.5, 0.6) is 0 Å². The van der Waals surface area contributed by atoms with E-state index in [-0.39, 0.29) is 36.0 Å². The van der Waals surface area contributed by atoms with Crippen molar-refractivity contribution in [3.63, 3.8) is 0 Å². The Bertz CT molecular complexity index is 1360. The molecule has 4 amide bonds. The number of piperazine rings is 1. The van der Waals surface area contributed by atoms with Gasteiger partial charge >= 0.3 is 6.03 Å². The molecule has 1 N–H and O–H groups in total. The Morgan fingerprint density at radius 3 is 2.15 bits per heavy atom. The normalized spacial score (nSPS) is 21.5. The van der Waals surface area contributed by atoms with E-state index in [0.29, 0.717) is 32.6 Å².